The third-order valence-electron chi connectivity index (χ3n) is 3.57. The lowest BCUT2D eigenvalue weighted by Crippen LogP contribution is -1.86. The lowest BCUT2D eigenvalue weighted by Gasteiger charge is -2.03. The lowest BCUT2D eigenvalue weighted by atomic mass is 10.1. The van der Waals surface area contributed by atoms with Gasteiger partial charge in [-0.3, -0.25) is 0 Å². The van der Waals surface area contributed by atoms with Crippen LogP contribution in [0.5, 0.6) is 0 Å². The van der Waals surface area contributed by atoms with Crippen molar-refractivity contribution in [2.75, 3.05) is 5.75 Å². The minimum atomic E-state index is 1.17. The maximum Gasteiger partial charge on any atom is 0.0184 e. The minimum Gasteiger partial charge on any atom is -0.157 e. The van der Waals surface area contributed by atoms with Gasteiger partial charge >= 0.3 is 0 Å². The van der Waals surface area contributed by atoms with E-state index in [1.54, 1.807) is 0 Å². The second-order valence-electron chi connectivity index (χ2n) is 5.51. The molecule has 114 valence electrons. The number of rotatable bonds is 12. The molecule has 0 aliphatic heterocycles. The molecule has 0 radical (unpaired) electrons. The van der Waals surface area contributed by atoms with Crippen LogP contribution in [0, 0.1) is 3.57 Å². The summed E-state index contributed by atoms with van der Waals surface area (Å²) in [5, 5.41) is 0. The van der Waals surface area contributed by atoms with Crippen molar-refractivity contribution in [2.24, 2.45) is 0 Å². The largest absolute Gasteiger partial charge is 0.157 e. The Morgan fingerprint density at radius 3 is 1.95 bits per heavy atom. The predicted molar refractivity (Wildman–Crippen MR) is 103 cm³/mol. The summed E-state index contributed by atoms with van der Waals surface area (Å²) in [6, 6.07) is 8.92. The summed E-state index contributed by atoms with van der Waals surface area (Å²) in [5.41, 5.74) is 1.46. The summed E-state index contributed by atoms with van der Waals surface area (Å²) in [7, 11) is 0. The van der Waals surface area contributed by atoms with Gasteiger partial charge in [-0.1, -0.05) is 70.4 Å². The van der Waals surface area contributed by atoms with Gasteiger partial charge < -0.3 is 0 Å². The molecular weight excluding hydrogens is 375 g/mol. The highest BCUT2D eigenvalue weighted by Crippen LogP contribution is 2.16. The average molecular weight is 404 g/mol. The molecule has 1 aromatic carbocycles. The van der Waals surface area contributed by atoms with E-state index in [2.05, 4.69) is 65.5 Å². The standard InChI is InChI=1S/C18H29IS/c1-2-3-4-5-6-7-8-9-10-15-20-16-17-11-13-18(19)14-12-17/h11-14H,2-10,15-16H2,1H3. The number of thioether (sulfide) groups is 1. The fourth-order valence-electron chi connectivity index (χ4n) is 2.29. The predicted octanol–water partition coefficient (Wildman–Crippen LogP) is 7.06. The number of halogens is 1. The Balaban J connectivity index is 1.84. The van der Waals surface area contributed by atoms with Crippen LogP contribution in [-0.2, 0) is 5.75 Å². The minimum absolute atomic E-state index is 1.17. The highest BCUT2D eigenvalue weighted by molar-refractivity contribution is 14.1. The zero-order valence-corrected chi connectivity index (χ0v) is 15.8. The van der Waals surface area contributed by atoms with E-state index in [4.69, 9.17) is 0 Å². The van der Waals surface area contributed by atoms with Gasteiger partial charge in [0, 0.05) is 9.32 Å². The van der Waals surface area contributed by atoms with Crippen molar-refractivity contribution >= 4 is 34.4 Å². The molecule has 0 bridgehead atoms. The molecule has 0 aromatic heterocycles. The molecule has 0 saturated carbocycles. The first-order valence-electron chi connectivity index (χ1n) is 8.15. The molecule has 2 heteroatoms. The Morgan fingerprint density at radius 1 is 0.800 bits per heavy atom. The molecule has 0 nitrogen and oxygen atoms in total. The lowest BCUT2D eigenvalue weighted by molar-refractivity contribution is 0.573. The van der Waals surface area contributed by atoms with Gasteiger partial charge in [-0.15, -0.1) is 0 Å². The van der Waals surface area contributed by atoms with Crippen LogP contribution in [-0.4, -0.2) is 5.75 Å². The van der Waals surface area contributed by atoms with Crippen molar-refractivity contribution in [1.29, 1.82) is 0 Å². The molecule has 0 heterocycles. The van der Waals surface area contributed by atoms with E-state index in [0.717, 1.165) is 0 Å². The van der Waals surface area contributed by atoms with Crippen LogP contribution in [0.4, 0.5) is 0 Å². The molecule has 20 heavy (non-hydrogen) atoms. The topological polar surface area (TPSA) is 0 Å². The maximum atomic E-state index is 2.36. The number of hydrogen-bond acceptors (Lipinski definition) is 1. The molecule has 1 aromatic rings. The molecule has 0 amide bonds. The monoisotopic (exact) mass is 404 g/mol. The van der Waals surface area contributed by atoms with Crippen LogP contribution in [0.25, 0.3) is 0 Å². The maximum absolute atomic E-state index is 2.36. The number of benzene rings is 1. The quantitative estimate of drug-likeness (QED) is 0.266. The molecule has 0 atom stereocenters. The Labute approximate surface area is 143 Å². The van der Waals surface area contributed by atoms with E-state index in [-0.39, 0.29) is 0 Å². The van der Waals surface area contributed by atoms with E-state index >= 15 is 0 Å². The summed E-state index contributed by atoms with van der Waals surface area (Å²) < 4.78 is 1.33. The zero-order chi connectivity index (χ0) is 14.5. The van der Waals surface area contributed by atoms with Gasteiger partial charge in [0.1, 0.15) is 0 Å². The molecule has 0 spiro atoms. The number of hydrogen-bond donors (Lipinski definition) is 0. The second kappa shape index (κ2) is 13.0. The zero-order valence-electron chi connectivity index (χ0n) is 12.9. The van der Waals surface area contributed by atoms with E-state index in [9.17, 15) is 0 Å². The second-order valence-corrected chi connectivity index (χ2v) is 7.86. The first kappa shape index (κ1) is 18.3. The summed E-state index contributed by atoms with van der Waals surface area (Å²) in [5.74, 6) is 2.50. The van der Waals surface area contributed by atoms with Gasteiger partial charge in [0.2, 0.25) is 0 Å². The van der Waals surface area contributed by atoms with Gasteiger partial charge in [-0.25, -0.2) is 0 Å². The molecular formula is C18H29IS. The van der Waals surface area contributed by atoms with Crippen LogP contribution in [0.15, 0.2) is 24.3 Å². The molecule has 0 N–H and O–H groups in total. The Morgan fingerprint density at radius 2 is 1.35 bits per heavy atom. The van der Waals surface area contributed by atoms with Crippen molar-refractivity contribution in [3.05, 3.63) is 33.4 Å². The van der Waals surface area contributed by atoms with E-state index in [0.29, 0.717) is 0 Å². The summed E-state index contributed by atoms with van der Waals surface area (Å²) >= 11 is 4.45. The fraction of sp³-hybridized carbons (Fsp3) is 0.667. The van der Waals surface area contributed by atoms with Crippen molar-refractivity contribution in [2.45, 2.75) is 70.5 Å². The Hall–Kier alpha value is 0.300. The van der Waals surface area contributed by atoms with Crippen molar-refractivity contribution < 1.29 is 0 Å². The van der Waals surface area contributed by atoms with Crippen LogP contribution >= 0.6 is 34.4 Å². The summed E-state index contributed by atoms with van der Waals surface area (Å²) in [4.78, 5) is 0. The van der Waals surface area contributed by atoms with Gasteiger partial charge in [0.05, 0.1) is 0 Å². The van der Waals surface area contributed by atoms with Crippen LogP contribution < -0.4 is 0 Å². The van der Waals surface area contributed by atoms with Crippen LogP contribution in [0.3, 0.4) is 0 Å². The molecule has 0 unspecified atom stereocenters. The SMILES string of the molecule is CCCCCCCCCCCSCc1ccc(I)cc1. The highest BCUT2D eigenvalue weighted by atomic mass is 127. The first-order valence-corrected chi connectivity index (χ1v) is 10.4. The smallest absolute Gasteiger partial charge is 0.0184 e. The molecule has 0 fully saturated rings. The average Bonchev–Trinajstić information content (AvgIpc) is 2.47. The normalized spacial score (nSPS) is 10.9. The molecule has 1 rings (SSSR count). The van der Waals surface area contributed by atoms with E-state index < -0.39 is 0 Å². The summed E-state index contributed by atoms with van der Waals surface area (Å²) in [6.07, 6.45) is 12.8. The molecule has 0 aliphatic carbocycles. The third kappa shape index (κ3) is 10.1. The molecule has 0 aliphatic rings. The van der Waals surface area contributed by atoms with Gasteiger partial charge in [-0.2, -0.15) is 11.8 Å². The van der Waals surface area contributed by atoms with Crippen LogP contribution in [0.2, 0.25) is 0 Å². The fourth-order valence-corrected chi connectivity index (χ4v) is 3.63. The van der Waals surface area contributed by atoms with Crippen molar-refractivity contribution in [3.63, 3.8) is 0 Å². The summed E-state index contributed by atoms with van der Waals surface area (Å²) in [6.45, 7) is 2.29. The third-order valence-corrected chi connectivity index (χ3v) is 5.41. The van der Waals surface area contributed by atoms with Gasteiger partial charge in [0.15, 0.2) is 0 Å². The first-order chi connectivity index (χ1) is 9.83. The van der Waals surface area contributed by atoms with Crippen molar-refractivity contribution in [3.8, 4) is 0 Å². The van der Waals surface area contributed by atoms with E-state index in [1.165, 1.54) is 78.4 Å². The Kier molecular flexibility index (Phi) is 11.9. The van der Waals surface area contributed by atoms with E-state index in [1.807, 2.05) is 0 Å². The van der Waals surface area contributed by atoms with Gasteiger partial charge in [0.25, 0.3) is 0 Å². The number of unbranched alkanes of at least 4 members (excludes halogenated alkanes) is 8. The van der Waals surface area contributed by atoms with Crippen LogP contribution in [0.1, 0.15) is 70.3 Å². The Bertz CT molecular complexity index is 321. The van der Waals surface area contributed by atoms with Crippen molar-refractivity contribution in [1.82, 2.24) is 0 Å². The highest BCUT2D eigenvalue weighted by Gasteiger charge is 1.95. The molecule has 0 saturated heterocycles. The van der Waals surface area contributed by atoms with Gasteiger partial charge in [-0.05, 0) is 52.5 Å².